The molecule has 19 heavy (non-hydrogen) atoms. The number of sulfonamides is 1. The van der Waals surface area contributed by atoms with Gasteiger partial charge in [-0.3, -0.25) is 0 Å². The van der Waals surface area contributed by atoms with Crippen LogP contribution in [0.25, 0.3) is 0 Å². The van der Waals surface area contributed by atoms with E-state index in [-0.39, 0.29) is 4.90 Å². The molecule has 0 aliphatic heterocycles. The van der Waals surface area contributed by atoms with Crippen molar-refractivity contribution < 1.29 is 22.3 Å². The fourth-order valence-corrected chi connectivity index (χ4v) is 2.43. The number of rotatable bonds is 5. The molecule has 1 atom stereocenters. The molecule has 1 unspecified atom stereocenters. The molecule has 0 aromatic heterocycles. The van der Waals surface area contributed by atoms with Crippen molar-refractivity contribution in [2.75, 3.05) is 6.54 Å². The van der Waals surface area contributed by atoms with Crippen LogP contribution >= 0.6 is 0 Å². The van der Waals surface area contributed by atoms with Crippen LogP contribution in [0.15, 0.2) is 23.1 Å². The minimum Gasteiger partial charge on any atom is -0.386 e. The number of aliphatic hydroxyl groups is 1. The summed E-state index contributed by atoms with van der Waals surface area (Å²) in [7, 11) is -3.99. The van der Waals surface area contributed by atoms with Crippen molar-refractivity contribution in [3.8, 4) is 6.07 Å². The highest BCUT2D eigenvalue weighted by Gasteiger charge is 2.21. The molecule has 0 heterocycles. The molecule has 0 aliphatic carbocycles. The maximum atomic E-state index is 12.0. The first kappa shape index (κ1) is 15.5. The Morgan fingerprint density at radius 2 is 2.11 bits per heavy atom. The van der Waals surface area contributed by atoms with E-state index in [0.717, 1.165) is 0 Å². The first-order chi connectivity index (χ1) is 8.77. The Morgan fingerprint density at radius 3 is 2.58 bits per heavy atom. The fourth-order valence-electron chi connectivity index (χ4n) is 1.30. The molecule has 0 amide bonds. The van der Waals surface area contributed by atoms with Gasteiger partial charge in [-0.2, -0.15) is 5.26 Å². The average molecular weight is 290 g/mol. The van der Waals surface area contributed by atoms with E-state index in [2.05, 4.69) is 0 Å². The Morgan fingerprint density at radius 1 is 1.47 bits per heavy atom. The highest BCUT2D eigenvalue weighted by Crippen LogP contribution is 2.14. The summed E-state index contributed by atoms with van der Waals surface area (Å²) in [6.45, 7) is 0.782. The standard InChI is InChI=1S/C11H12F2N2O3S/c1-7-4-9(3-2-8(7)5-14)19(17,18)15-6-10(16)11(12)13/h2-4,10-11,15-16H,6H2,1H3. The Labute approximate surface area is 109 Å². The van der Waals surface area contributed by atoms with Crippen molar-refractivity contribution >= 4 is 10.0 Å². The number of alkyl halides is 2. The SMILES string of the molecule is Cc1cc(S(=O)(=O)NCC(O)C(F)F)ccc1C#N. The predicted molar refractivity (Wildman–Crippen MR) is 63.1 cm³/mol. The van der Waals surface area contributed by atoms with Crippen molar-refractivity contribution in [3.05, 3.63) is 29.3 Å². The van der Waals surface area contributed by atoms with Crippen molar-refractivity contribution in [1.82, 2.24) is 4.72 Å². The van der Waals surface area contributed by atoms with Gasteiger partial charge in [0.1, 0.15) is 6.10 Å². The van der Waals surface area contributed by atoms with Crippen LogP contribution < -0.4 is 4.72 Å². The zero-order valence-corrected chi connectivity index (χ0v) is 10.8. The van der Waals surface area contributed by atoms with Gasteiger partial charge in [-0.25, -0.2) is 21.9 Å². The maximum Gasteiger partial charge on any atom is 0.265 e. The van der Waals surface area contributed by atoms with E-state index in [4.69, 9.17) is 10.4 Å². The van der Waals surface area contributed by atoms with Crippen LogP contribution in [0.4, 0.5) is 8.78 Å². The molecule has 0 saturated carbocycles. The molecule has 1 rings (SSSR count). The zero-order valence-electron chi connectivity index (χ0n) is 9.97. The van der Waals surface area contributed by atoms with Crippen LogP contribution in [0, 0.1) is 18.3 Å². The molecule has 104 valence electrons. The van der Waals surface area contributed by atoms with Gasteiger partial charge in [0.2, 0.25) is 10.0 Å². The molecule has 2 N–H and O–H groups in total. The van der Waals surface area contributed by atoms with Gasteiger partial charge in [0, 0.05) is 6.54 Å². The Kier molecular flexibility index (Phi) is 4.94. The molecule has 5 nitrogen and oxygen atoms in total. The number of aryl methyl sites for hydroxylation is 1. The highest BCUT2D eigenvalue weighted by molar-refractivity contribution is 7.89. The van der Waals surface area contributed by atoms with Gasteiger partial charge in [-0.15, -0.1) is 0 Å². The Hall–Kier alpha value is -1.56. The van der Waals surface area contributed by atoms with E-state index in [9.17, 15) is 17.2 Å². The molecule has 0 radical (unpaired) electrons. The molecular weight excluding hydrogens is 278 g/mol. The Balaban J connectivity index is 2.90. The Bertz CT molecular complexity index is 596. The van der Waals surface area contributed by atoms with E-state index in [0.29, 0.717) is 11.1 Å². The number of aliphatic hydroxyl groups excluding tert-OH is 1. The summed E-state index contributed by atoms with van der Waals surface area (Å²) < 4.78 is 49.5. The molecule has 8 heteroatoms. The third kappa shape index (κ3) is 3.96. The number of benzene rings is 1. The van der Waals surface area contributed by atoms with Crippen molar-refractivity contribution in [2.45, 2.75) is 24.3 Å². The minimum absolute atomic E-state index is 0.148. The van der Waals surface area contributed by atoms with Crippen LogP contribution in [0.5, 0.6) is 0 Å². The summed E-state index contributed by atoms with van der Waals surface area (Å²) in [5.74, 6) is 0. The first-order valence-corrected chi connectivity index (χ1v) is 6.73. The summed E-state index contributed by atoms with van der Waals surface area (Å²) in [6.07, 6.45) is -5.08. The smallest absolute Gasteiger partial charge is 0.265 e. The first-order valence-electron chi connectivity index (χ1n) is 5.24. The third-order valence-corrected chi connectivity index (χ3v) is 3.82. The molecule has 0 fully saturated rings. The van der Waals surface area contributed by atoms with Crippen molar-refractivity contribution in [3.63, 3.8) is 0 Å². The largest absolute Gasteiger partial charge is 0.386 e. The number of hydrogen-bond acceptors (Lipinski definition) is 4. The summed E-state index contributed by atoms with van der Waals surface area (Å²) in [6, 6.07) is 5.67. The highest BCUT2D eigenvalue weighted by atomic mass is 32.2. The average Bonchev–Trinajstić information content (AvgIpc) is 2.35. The quantitative estimate of drug-likeness (QED) is 0.838. The summed E-state index contributed by atoms with van der Waals surface area (Å²) in [5.41, 5.74) is 0.784. The molecule has 1 aromatic rings. The molecule has 0 spiro atoms. The number of halogens is 2. The van der Waals surface area contributed by atoms with Gasteiger partial charge in [-0.05, 0) is 30.7 Å². The van der Waals surface area contributed by atoms with Crippen LogP contribution in [-0.4, -0.2) is 32.6 Å². The van der Waals surface area contributed by atoms with Gasteiger partial charge in [-0.1, -0.05) is 0 Å². The van der Waals surface area contributed by atoms with E-state index < -0.39 is 29.1 Å². The van der Waals surface area contributed by atoms with E-state index in [1.165, 1.54) is 18.2 Å². The van der Waals surface area contributed by atoms with Gasteiger partial charge >= 0.3 is 0 Å². The minimum atomic E-state index is -3.99. The second-order valence-electron chi connectivity index (χ2n) is 3.84. The van der Waals surface area contributed by atoms with Crippen LogP contribution in [0.3, 0.4) is 0 Å². The topological polar surface area (TPSA) is 90.2 Å². The second kappa shape index (κ2) is 6.06. The van der Waals surface area contributed by atoms with Gasteiger partial charge in [0.25, 0.3) is 6.43 Å². The lowest BCUT2D eigenvalue weighted by atomic mass is 10.1. The summed E-state index contributed by atoms with van der Waals surface area (Å²) in [5, 5.41) is 17.6. The normalized spacial score (nSPS) is 13.3. The van der Waals surface area contributed by atoms with Gasteiger partial charge in [0.15, 0.2) is 0 Å². The number of nitriles is 1. The predicted octanol–water partition coefficient (Wildman–Crippen LogP) is 0.771. The molecule has 1 aromatic carbocycles. The maximum absolute atomic E-state index is 12.0. The summed E-state index contributed by atoms with van der Waals surface area (Å²) >= 11 is 0. The van der Waals surface area contributed by atoms with Crippen molar-refractivity contribution in [2.24, 2.45) is 0 Å². The number of nitrogens with one attached hydrogen (secondary N) is 1. The van der Waals surface area contributed by atoms with E-state index >= 15 is 0 Å². The van der Waals surface area contributed by atoms with Crippen LogP contribution in [0.1, 0.15) is 11.1 Å². The zero-order chi connectivity index (χ0) is 14.6. The van der Waals surface area contributed by atoms with Crippen LogP contribution in [-0.2, 0) is 10.0 Å². The van der Waals surface area contributed by atoms with Crippen LogP contribution in [0.2, 0.25) is 0 Å². The third-order valence-electron chi connectivity index (χ3n) is 2.40. The monoisotopic (exact) mass is 290 g/mol. The lowest BCUT2D eigenvalue weighted by molar-refractivity contribution is -0.000451. The molecule has 0 saturated heterocycles. The van der Waals surface area contributed by atoms with Crippen molar-refractivity contribution in [1.29, 1.82) is 5.26 Å². The van der Waals surface area contributed by atoms with Gasteiger partial charge in [0.05, 0.1) is 16.5 Å². The molecule has 0 bridgehead atoms. The van der Waals surface area contributed by atoms with Gasteiger partial charge < -0.3 is 5.11 Å². The number of nitrogens with zero attached hydrogens (tertiary/aromatic N) is 1. The lowest BCUT2D eigenvalue weighted by Crippen LogP contribution is -2.35. The van der Waals surface area contributed by atoms with E-state index in [1.807, 2.05) is 10.8 Å². The second-order valence-corrected chi connectivity index (χ2v) is 5.61. The molecular formula is C11H12F2N2O3S. The molecule has 0 aliphatic rings. The lowest BCUT2D eigenvalue weighted by Gasteiger charge is -2.11. The summed E-state index contributed by atoms with van der Waals surface area (Å²) in [4.78, 5) is -0.148. The fraction of sp³-hybridized carbons (Fsp3) is 0.364. The number of hydrogen-bond donors (Lipinski definition) is 2. The van der Waals surface area contributed by atoms with E-state index in [1.54, 1.807) is 6.92 Å².